The van der Waals surface area contributed by atoms with Crippen LogP contribution >= 0.6 is 15.9 Å². The Balaban J connectivity index is 2.51. The van der Waals surface area contributed by atoms with Crippen LogP contribution in [0.4, 0.5) is 0 Å². The largest absolute Gasteiger partial charge is 0.478 e. The van der Waals surface area contributed by atoms with Gasteiger partial charge < -0.3 is 5.11 Å². The van der Waals surface area contributed by atoms with Crippen LogP contribution in [0.15, 0.2) is 34.9 Å². The predicted molar refractivity (Wildman–Crippen MR) is 81.9 cm³/mol. The lowest BCUT2D eigenvalue weighted by atomic mass is 10.1. The first-order valence-electron chi connectivity index (χ1n) is 6.65. The molecule has 0 aliphatic rings. The summed E-state index contributed by atoms with van der Waals surface area (Å²) in [4.78, 5) is 11.4. The van der Waals surface area contributed by atoms with Gasteiger partial charge in [0.15, 0.2) is 0 Å². The van der Waals surface area contributed by atoms with Gasteiger partial charge in [0.25, 0.3) is 0 Å². The third-order valence-electron chi connectivity index (χ3n) is 3.40. The highest BCUT2D eigenvalue weighted by atomic mass is 79.9. The van der Waals surface area contributed by atoms with Gasteiger partial charge in [-0.2, -0.15) is 5.10 Å². The van der Waals surface area contributed by atoms with Gasteiger partial charge in [-0.1, -0.05) is 41.9 Å². The molecule has 0 aliphatic carbocycles. The Morgan fingerprint density at radius 2 is 1.90 bits per heavy atom. The van der Waals surface area contributed by atoms with Crippen LogP contribution in [0, 0.1) is 0 Å². The Hall–Kier alpha value is -1.62. The molecule has 0 unspecified atom stereocenters. The van der Waals surface area contributed by atoms with Crippen LogP contribution in [0.25, 0.3) is 11.3 Å². The fourth-order valence-electron chi connectivity index (χ4n) is 2.22. The van der Waals surface area contributed by atoms with Crippen molar-refractivity contribution in [3.63, 3.8) is 0 Å². The average molecular weight is 337 g/mol. The van der Waals surface area contributed by atoms with Crippen LogP contribution in [0.5, 0.6) is 0 Å². The van der Waals surface area contributed by atoms with Crippen molar-refractivity contribution in [2.75, 3.05) is 0 Å². The van der Waals surface area contributed by atoms with Crippen molar-refractivity contribution in [1.29, 1.82) is 0 Å². The van der Waals surface area contributed by atoms with Gasteiger partial charge >= 0.3 is 5.97 Å². The number of halogens is 1. The first kappa shape index (κ1) is 14.8. The molecule has 1 heterocycles. The highest BCUT2D eigenvalue weighted by Gasteiger charge is 2.19. The van der Waals surface area contributed by atoms with Crippen molar-refractivity contribution in [3.8, 4) is 11.3 Å². The van der Waals surface area contributed by atoms with Crippen LogP contribution < -0.4 is 0 Å². The summed E-state index contributed by atoms with van der Waals surface area (Å²) < 4.78 is 2.73. The molecule has 20 heavy (non-hydrogen) atoms. The number of nitrogens with zero attached hydrogens (tertiary/aromatic N) is 2. The van der Waals surface area contributed by atoms with Crippen LogP contribution in [-0.2, 0) is 0 Å². The average Bonchev–Trinajstić information content (AvgIpc) is 2.86. The lowest BCUT2D eigenvalue weighted by Gasteiger charge is -2.12. The van der Waals surface area contributed by atoms with E-state index in [9.17, 15) is 9.90 Å². The first-order valence-corrected chi connectivity index (χ1v) is 7.44. The van der Waals surface area contributed by atoms with Crippen LogP contribution in [-0.4, -0.2) is 20.9 Å². The van der Waals surface area contributed by atoms with Gasteiger partial charge in [-0.25, -0.2) is 4.79 Å². The van der Waals surface area contributed by atoms with Crippen LogP contribution in [0.2, 0.25) is 0 Å². The lowest BCUT2D eigenvalue weighted by Crippen LogP contribution is -2.07. The summed E-state index contributed by atoms with van der Waals surface area (Å²) >= 11 is 3.37. The second kappa shape index (κ2) is 6.22. The molecule has 1 N–H and O–H groups in total. The van der Waals surface area contributed by atoms with Gasteiger partial charge in [-0.15, -0.1) is 0 Å². The maximum Gasteiger partial charge on any atom is 0.339 e. The number of hydrogen-bond donors (Lipinski definition) is 1. The highest BCUT2D eigenvalue weighted by Crippen LogP contribution is 2.26. The topological polar surface area (TPSA) is 55.1 Å². The molecule has 0 amide bonds. The number of aromatic carboxylic acids is 1. The summed E-state index contributed by atoms with van der Waals surface area (Å²) in [6.07, 6.45) is 3.49. The number of hydrogen-bond acceptors (Lipinski definition) is 2. The second-order valence-corrected chi connectivity index (χ2v) is 5.57. The molecule has 106 valence electrons. The predicted octanol–water partition coefficient (Wildman–Crippen LogP) is 4.37. The number of aromatic nitrogens is 2. The van der Waals surface area contributed by atoms with E-state index in [4.69, 9.17) is 0 Å². The van der Waals surface area contributed by atoms with E-state index >= 15 is 0 Å². The molecule has 0 atom stereocenters. The second-order valence-electron chi connectivity index (χ2n) is 4.65. The molecule has 0 radical (unpaired) electrons. The zero-order valence-corrected chi connectivity index (χ0v) is 13.1. The van der Waals surface area contributed by atoms with E-state index in [1.807, 2.05) is 24.3 Å². The molecule has 0 saturated carbocycles. The molecule has 0 bridgehead atoms. The third kappa shape index (κ3) is 2.93. The van der Waals surface area contributed by atoms with Gasteiger partial charge in [-0.05, 0) is 25.0 Å². The highest BCUT2D eigenvalue weighted by molar-refractivity contribution is 9.10. The maximum atomic E-state index is 11.4. The van der Waals surface area contributed by atoms with E-state index in [0.29, 0.717) is 5.69 Å². The summed E-state index contributed by atoms with van der Waals surface area (Å²) in [7, 11) is 0. The lowest BCUT2D eigenvalue weighted by molar-refractivity contribution is 0.0697. The minimum atomic E-state index is -0.944. The van der Waals surface area contributed by atoms with Crippen molar-refractivity contribution in [3.05, 3.63) is 40.5 Å². The number of carboxylic acids is 1. The Morgan fingerprint density at radius 3 is 2.40 bits per heavy atom. The van der Waals surface area contributed by atoms with Crippen molar-refractivity contribution in [2.45, 2.75) is 32.7 Å². The normalized spacial score (nSPS) is 11.0. The molecule has 0 aliphatic heterocycles. The van der Waals surface area contributed by atoms with Gasteiger partial charge in [0.1, 0.15) is 11.3 Å². The van der Waals surface area contributed by atoms with Crippen LogP contribution in [0.3, 0.4) is 0 Å². The number of carboxylic acid groups (broad SMARTS) is 1. The zero-order chi connectivity index (χ0) is 14.7. The fraction of sp³-hybridized carbons (Fsp3) is 0.333. The molecule has 1 aromatic carbocycles. The molecule has 1 aromatic heterocycles. The Labute approximate surface area is 126 Å². The van der Waals surface area contributed by atoms with Gasteiger partial charge in [0.05, 0.1) is 6.04 Å². The number of carbonyl (C=O) groups is 1. The maximum absolute atomic E-state index is 11.4. The smallest absolute Gasteiger partial charge is 0.339 e. The summed E-state index contributed by atoms with van der Waals surface area (Å²) in [6, 6.07) is 7.75. The Kier molecular flexibility index (Phi) is 4.60. The summed E-state index contributed by atoms with van der Waals surface area (Å²) in [5.41, 5.74) is 1.59. The Morgan fingerprint density at radius 1 is 1.30 bits per heavy atom. The van der Waals surface area contributed by atoms with Crippen LogP contribution in [0.1, 0.15) is 43.1 Å². The van der Waals surface area contributed by atoms with E-state index in [-0.39, 0.29) is 11.6 Å². The molecule has 2 rings (SSSR count). The Bertz CT molecular complexity index is 601. The molecule has 4 nitrogen and oxygen atoms in total. The van der Waals surface area contributed by atoms with Gasteiger partial charge in [-0.3, -0.25) is 4.68 Å². The minimum Gasteiger partial charge on any atom is -0.478 e. The number of rotatable bonds is 5. The van der Waals surface area contributed by atoms with Crippen molar-refractivity contribution in [1.82, 2.24) is 9.78 Å². The molecular formula is C15H17BrN2O2. The van der Waals surface area contributed by atoms with Gasteiger partial charge in [0, 0.05) is 16.2 Å². The summed E-state index contributed by atoms with van der Waals surface area (Å²) in [6.45, 7) is 4.16. The fourth-order valence-corrected chi connectivity index (χ4v) is 2.48. The van der Waals surface area contributed by atoms with Crippen molar-refractivity contribution >= 4 is 21.9 Å². The molecule has 2 aromatic rings. The van der Waals surface area contributed by atoms with E-state index < -0.39 is 5.97 Å². The standard InChI is InChI=1S/C15H17BrN2O2/c1-3-12(4-2)18-9-13(15(19)20)14(17-18)10-5-7-11(16)8-6-10/h5-9,12H,3-4H2,1-2H3,(H,19,20). The molecular weight excluding hydrogens is 320 g/mol. The SMILES string of the molecule is CCC(CC)n1cc(C(=O)O)c(-c2ccc(Br)cc2)n1. The summed E-state index contributed by atoms with van der Waals surface area (Å²) in [5.74, 6) is -0.944. The first-order chi connectivity index (χ1) is 9.56. The van der Waals surface area contributed by atoms with Gasteiger partial charge in [0.2, 0.25) is 0 Å². The quantitative estimate of drug-likeness (QED) is 0.881. The minimum absolute atomic E-state index is 0.234. The van der Waals surface area contributed by atoms with E-state index in [1.54, 1.807) is 10.9 Å². The van der Waals surface area contributed by atoms with Crippen molar-refractivity contribution in [2.24, 2.45) is 0 Å². The molecule has 0 fully saturated rings. The molecule has 5 heteroatoms. The van der Waals surface area contributed by atoms with Crippen molar-refractivity contribution < 1.29 is 9.90 Å². The van der Waals surface area contributed by atoms with E-state index in [2.05, 4.69) is 34.9 Å². The third-order valence-corrected chi connectivity index (χ3v) is 3.93. The molecule has 0 saturated heterocycles. The summed E-state index contributed by atoms with van der Waals surface area (Å²) in [5, 5.41) is 13.9. The molecule has 0 spiro atoms. The zero-order valence-electron chi connectivity index (χ0n) is 11.5. The van der Waals surface area contributed by atoms with E-state index in [1.165, 1.54) is 0 Å². The van der Waals surface area contributed by atoms with E-state index in [0.717, 1.165) is 22.9 Å². The monoisotopic (exact) mass is 336 g/mol. The number of benzene rings is 1.